The Morgan fingerprint density at radius 3 is 2.68 bits per heavy atom. The smallest absolute Gasteiger partial charge is 0.314 e. The van der Waals surface area contributed by atoms with Crippen LogP contribution in [0, 0.1) is 5.82 Å². The molecular weight excluding hydrogens is 363 g/mol. The molecule has 142 valence electrons. The largest absolute Gasteiger partial charge is 0.479 e. The number of halogens is 1. The van der Waals surface area contributed by atoms with Gasteiger partial charge in [-0.1, -0.05) is 0 Å². The Labute approximate surface area is 159 Å². The lowest BCUT2D eigenvalue weighted by Gasteiger charge is -2.20. The first-order valence-corrected chi connectivity index (χ1v) is 8.47. The van der Waals surface area contributed by atoms with Crippen LogP contribution in [0.2, 0.25) is 0 Å². The molecule has 3 aromatic rings. The summed E-state index contributed by atoms with van der Waals surface area (Å²) in [6, 6.07) is 7.22. The summed E-state index contributed by atoms with van der Waals surface area (Å²) in [6.45, 7) is 0. The molecule has 2 aromatic heterocycles. The molecule has 4 rings (SSSR count). The van der Waals surface area contributed by atoms with Crippen molar-refractivity contribution in [3.05, 3.63) is 54.1 Å². The Balaban J connectivity index is 1.86. The Morgan fingerprint density at radius 1 is 1.18 bits per heavy atom. The number of aliphatic imine (C=N–C) groups is 1. The highest BCUT2D eigenvalue weighted by molar-refractivity contribution is 6.12. The van der Waals surface area contributed by atoms with Gasteiger partial charge in [-0.15, -0.1) is 0 Å². The van der Waals surface area contributed by atoms with Crippen molar-refractivity contribution in [1.82, 2.24) is 19.9 Å². The van der Waals surface area contributed by atoms with Gasteiger partial charge in [0.05, 0.1) is 11.4 Å². The van der Waals surface area contributed by atoms with Gasteiger partial charge in [0.15, 0.2) is 0 Å². The Hall–Kier alpha value is -3.43. The van der Waals surface area contributed by atoms with Gasteiger partial charge in [-0.25, -0.2) is 14.4 Å². The van der Waals surface area contributed by atoms with Crippen LogP contribution in [-0.4, -0.2) is 50.6 Å². The van der Waals surface area contributed by atoms with E-state index in [-0.39, 0.29) is 11.8 Å². The minimum atomic E-state index is -0.500. The van der Waals surface area contributed by atoms with Gasteiger partial charge in [-0.2, -0.15) is 4.98 Å². The highest BCUT2D eigenvalue weighted by atomic mass is 19.1. The Morgan fingerprint density at radius 2 is 1.96 bits per heavy atom. The van der Waals surface area contributed by atoms with Crippen LogP contribution in [-0.2, 0) is 4.74 Å². The molecule has 2 unspecified atom stereocenters. The van der Waals surface area contributed by atoms with E-state index in [9.17, 15) is 9.50 Å². The summed E-state index contributed by atoms with van der Waals surface area (Å²) in [5.41, 5.74) is 8.86. The second-order valence-corrected chi connectivity index (χ2v) is 6.15. The molecule has 0 saturated heterocycles. The third-order valence-electron chi connectivity index (χ3n) is 4.33. The van der Waals surface area contributed by atoms with Gasteiger partial charge in [-0.05, 0) is 36.4 Å². The number of nitrogens with one attached hydrogen (secondary N) is 1. The third-order valence-corrected chi connectivity index (χ3v) is 4.33. The lowest BCUT2D eigenvalue weighted by molar-refractivity contribution is 0.120. The zero-order valence-corrected chi connectivity index (χ0v) is 14.9. The van der Waals surface area contributed by atoms with Crippen molar-refractivity contribution in [2.45, 2.75) is 12.3 Å². The van der Waals surface area contributed by atoms with Gasteiger partial charge in [0.1, 0.15) is 29.6 Å². The summed E-state index contributed by atoms with van der Waals surface area (Å²) < 4.78 is 18.6. The second-order valence-electron chi connectivity index (χ2n) is 6.15. The monoisotopic (exact) mass is 380 g/mol. The van der Waals surface area contributed by atoms with E-state index >= 15 is 0 Å². The summed E-state index contributed by atoms with van der Waals surface area (Å²) in [5, 5.41) is 9.67. The number of ether oxygens (including phenoxy) is 1. The third kappa shape index (κ3) is 3.40. The minimum absolute atomic E-state index is 0.337. The van der Waals surface area contributed by atoms with Crippen molar-refractivity contribution in [2.24, 2.45) is 10.7 Å². The second kappa shape index (κ2) is 7.29. The fourth-order valence-electron chi connectivity index (χ4n) is 2.92. The standard InChI is InChI=1S/C19H17FN6O2/c1-28-14-8-11(9-23-17(14)21)15-16(13-6-7-22-19(27)24-13)26-18(25-15)10-2-4-12(20)5-3-10/h2-9,14,17H,21H2,1H3,(H,25,26)(H,22,24,27). The Bertz CT molecular complexity index is 1060. The van der Waals surface area contributed by atoms with Gasteiger partial charge >= 0.3 is 6.01 Å². The van der Waals surface area contributed by atoms with Gasteiger partial charge < -0.3 is 20.6 Å². The summed E-state index contributed by atoms with van der Waals surface area (Å²) in [4.78, 5) is 19.9. The number of aromatic hydroxyl groups is 1. The van der Waals surface area contributed by atoms with E-state index in [4.69, 9.17) is 10.5 Å². The van der Waals surface area contributed by atoms with Gasteiger partial charge in [0, 0.05) is 30.7 Å². The van der Waals surface area contributed by atoms with E-state index in [1.54, 1.807) is 31.5 Å². The fraction of sp³-hybridized carbons (Fsp3) is 0.158. The van der Waals surface area contributed by atoms with Gasteiger partial charge in [0.25, 0.3) is 0 Å². The molecule has 1 aliphatic rings. The molecule has 1 aromatic carbocycles. The number of rotatable bonds is 4. The van der Waals surface area contributed by atoms with E-state index < -0.39 is 12.3 Å². The summed E-state index contributed by atoms with van der Waals surface area (Å²) in [5.74, 6) is 0.178. The van der Waals surface area contributed by atoms with Crippen LogP contribution in [0.3, 0.4) is 0 Å². The van der Waals surface area contributed by atoms with E-state index in [2.05, 4.69) is 24.9 Å². The molecule has 1 aliphatic heterocycles. The molecule has 9 heteroatoms. The first kappa shape index (κ1) is 18.0. The SMILES string of the molecule is COC1C=C(c2[nH]c(-c3ccc(F)cc3)nc2-c2ccnc(O)n2)C=NC1N. The number of methoxy groups -OCH3 is 1. The van der Waals surface area contributed by atoms with Crippen LogP contribution in [0.25, 0.3) is 28.3 Å². The molecule has 0 fully saturated rings. The van der Waals surface area contributed by atoms with E-state index in [1.807, 2.05) is 6.08 Å². The molecule has 4 N–H and O–H groups in total. The van der Waals surface area contributed by atoms with Crippen molar-refractivity contribution in [3.8, 4) is 28.8 Å². The number of aromatic amines is 1. The molecule has 3 heterocycles. The number of nitrogens with two attached hydrogens (primary N) is 1. The topological polar surface area (TPSA) is 122 Å². The van der Waals surface area contributed by atoms with Crippen LogP contribution in [0.5, 0.6) is 6.01 Å². The molecule has 0 aliphatic carbocycles. The van der Waals surface area contributed by atoms with Crippen LogP contribution in [0.15, 0.2) is 47.6 Å². The molecule has 0 spiro atoms. The highest BCUT2D eigenvalue weighted by Crippen LogP contribution is 2.31. The summed E-state index contributed by atoms with van der Waals surface area (Å²) in [7, 11) is 1.56. The number of hydrogen-bond donors (Lipinski definition) is 3. The van der Waals surface area contributed by atoms with Crippen molar-refractivity contribution in [2.75, 3.05) is 7.11 Å². The fourth-order valence-corrected chi connectivity index (χ4v) is 2.92. The number of allylic oxidation sites excluding steroid dienone is 1. The molecule has 8 nitrogen and oxygen atoms in total. The zero-order chi connectivity index (χ0) is 19.7. The lowest BCUT2D eigenvalue weighted by atomic mass is 10.0. The average molecular weight is 380 g/mol. The molecule has 2 atom stereocenters. The summed E-state index contributed by atoms with van der Waals surface area (Å²) >= 11 is 0. The maximum absolute atomic E-state index is 13.3. The zero-order valence-electron chi connectivity index (χ0n) is 14.9. The molecule has 0 bridgehead atoms. The van der Waals surface area contributed by atoms with Gasteiger partial charge in [0.2, 0.25) is 0 Å². The highest BCUT2D eigenvalue weighted by Gasteiger charge is 2.23. The van der Waals surface area contributed by atoms with E-state index in [0.717, 1.165) is 0 Å². The van der Waals surface area contributed by atoms with Crippen LogP contribution in [0.1, 0.15) is 5.69 Å². The molecular formula is C19H17FN6O2. The van der Waals surface area contributed by atoms with Crippen molar-refractivity contribution < 1.29 is 14.2 Å². The van der Waals surface area contributed by atoms with Crippen molar-refractivity contribution in [3.63, 3.8) is 0 Å². The van der Waals surface area contributed by atoms with Crippen LogP contribution in [0.4, 0.5) is 4.39 Å². The maximum Gasteiger partial charge on any atom is 0.314 e. The lowest BCUT2D eigenvalue weighted by Crippen LogP contribution is -2.35. The number of aromatic nitrogens is 4. The van der Waals surface area contributed by atoms with Crippen LogP contribution < -0.4 is 5.73 Å². The van der Waals surface area contributed by atoms with E-state index in [1.165, 1.54) is 18.3 Å². The first-order chi connectivity index (χ1) is 13.5. The normalized spacial score (nSPS) is 18.9. The number of imidazole rings is 1. The number of H-pyrrole nitrogens is 1. The van der Waals surface area contributed by atoms with Crippen molar-refractivity contribution in [1.29, 1.82) is 0 Å². The number of hydrogen-bond acceptors (Lipinski definition) is 7. The predicted octanol–water partition coefficient (Wildman–Crippen LogP) is 2.15. The van der Waals surface area contributed by atoms with E-state index in [0.29, 0.717) is 34.0 Å². The number of nitrogens with zero attached hydrogens (tertiary/aromatic N) is 4. The van der Waals surface area contributed by atoms with Crippen LogP contribution >= 0.6 is 0 Å². The number of benzene rings is 1. The molecule has 0 amide bonds. The minimum Gasteiger partial charge on any atom is -0.479 e. The number of dihydropyridines is 1. The first-order valence-electron chi connectivity index (χ1n) is 8.47. The van der Waals surface area contributed by atoms with Gasteiger partial charge in [-0.3, -0.25) is 4.99 Å². The Kier molecular flexibility index (Phi) is 4.68. The molecule has 28 heavy (non-hydrogen) atoms. The predicted molar refractivity (Wildman–Crippen MR) is 102 cm³/mol. The molecule has 0 saturated carbocycles. The maximum atomic E-state index is 13.3. The molecule has 0 radical (unpaired) electrons. The van der Waals surface area contributed by atoms with Crippen molar-refractivity contribution >= 4 is 11.8 Å². The summed E-state index contributed by atoms with van der Waals surface area (Å²) in [6.07, 6.45) is 4.01. The average Bonchev–Trinajstić information content (AvgIpc) is 3.14. The quantitative estimate of drug-likeness (QED) is 0.637.